The zero-order chi connectivity index (χ0) is 23.5. The van der Waals surface area contributed by atoms with Crippen molar-refractivity contribution in [3.63, 3.8) is 0 Å². The molecule has 1 aromatic heterocycles. The van der Waals surface area contributed by atoms with Crippen LogP contribution in [0.15, 0.2) is 41.6 Å². The smallest absolute Gasteiger partial charge is 0.247 e. The zero-order valence-electron chi connectivity index (χ0n) is 19.0. The summed E-state index contributed by atoms with van der Waals surface area (Å²) in [5, 5.41) is 9.01. The van der Waals surface area contributed by atoms with Gasteiger partial charge in [0.2, 0.25) is 28.9 Å². The van der Waals surface area contributed by atoms with E-state index in [1.807, 2.05) is 30.5 Å². The summed E-state index contributed by atoms with van der Waals surface area (Å²) >= 11 is 1.35. The lowest BCUT2D eigenvalue weighted by molar-refractivity contribution is -0.120. The Labute approximate surface area is 196 Å². The van der Waals surface area contributed by atoms with Crippen LogP contribution in [0.5, 0.6) is 23.1 Å². The van der Waals surface area contributed by atoms with Gasteiger partial charge in [-0.05, 0) is 24.5 Å². The fourth-order valence-corrected chi connectivity index (χ4v) is 4.06. The summed E-state index contributed by atoms with van der Waals surface area (Å²) in [5.41, 5.74) is 2.37. The van der Waals surface area contributed by atoms with Crippen LogP contribution < -0.4 is 23.8 Å². The lowest BCUT2D eigenvalue weighted by atomic mass is 10.1. The Morgan fingerprint density at radius 2 is 1.82 bits per heavy atom. The molecular weight excluding hydrogens is 444 g/mol. The number of methoxy groups -OCH3 is 3. The van der Waals surface area contributed by atoms with Crippen molar-refractivity contribution in [2.45, 2.75) is 24.7 Å². The standard InChI is InChI=1S/C23H24N4O5S/c1-6-17(28)27-15-10-8-7-9-13(15)18-21(24-23(33-5)26-25-18)32-22(27)14-11-12-16(29-2)20(31-4)19(14)30-3/h7-12,22H,6H2,1-5H3/t22-/m0/s1. The SMILES string of the molecule is CCC(=O)N1c2ccccc2-c2nnc(SC)nc2O[C@H]1c1ccc(OC)c(OC)c1OC. The van der Waals surface area contributed by atoms with Gasteiger partial charge in [0.05, 0.1) is 32.6 Å². The molecule has 0 N–H and O–H groups in total. The quantitative estimate of drug-likeness (QED) is 0.495. The van der Waals surface area contributed by atoms with Crippen molar-refractivity contribution in [3.05, 3.63) is 42.0 Å². The molecule has 0 spiro atoms. The van der Waals surface area contributed by atoms with Crippen LogP contribution in [0.4, 0.5) is 5.69 Å². The van der Waals surface area contributed by atoms with Crippen LogP contribution in [0.25, 0.3) is 11.3 Å². The van der Waals surface area contributed by atoms with E-state index in [0.29, 0.717) is 44.9 Å². The van der Waals surface area contributed by atoms with Gasteiger partial charge in [0.1, 0.15) is 0 Å². The van der Waals surface area contributed by atoms with E-state index in [-0.39, 0.29) is 18.2 Å². The van der Waals surface area contributed by atoms with Crippen molar-refractivity contribution in [2.75, 3.05) is 32.5 Å². The molecule has 0 fully saturated rings. The fourth-order valence-electron chi connectivity index (χ4n) is 3.76. The number of anilines is 1. The van der Waals surface area contributed by atoms with E-state index in [1.165, 1.54) is 26.0 Å². The Balaban J connectivity index is 2.02. The number of ether oxygens (including phenoxy) is 4. The van der Waals surface area contributed by atoms with Gasteiger partial charge in [0.25, 0.3) is 0 Å². The number of hydrogen-bond acceptors (Lipinski definition) is 9. The predicted octanol–water partition coefficient (Wildman–Crippen LogP) is 4.12. The number of thioether (sulfide) groups is 1. The van der Waals surface area contributed by atoms with Gasteiger partial charge in [-0.2, -0.15) is 4.98 Å². The number of benzene rings is 2. The van der Waals surface area contributed by atoms with Crippen LogP contribution in [0.1, 0.15) is 25.1 Å². The number of aromatic nitrogens is 3. The van der Waals surface area contributed by atoms with Crippen LogP contribution in [0, 0.1) is 0 Å². The first-order chi connectivity index (χ1) is 16.1. The molecule has 0 aliphatic carbocycles. The van der Waals surface area contributed by atoms with Gasteiger partial charge in [-0.15, -0.1) is 10.2 Å². The highest BCUT2D eigenvalue weighted by Crippen LogP contribution is 2.48. The minimum absolute atomic E-state index is 0.143. The topological polar surface area (TPSA) is 95.9 Å². The molecule has 0 saturated carbocycles. The summed E-state index contributed by atoms with van der Waals surface area (Å²) in [6, 6.07) is 11.0. The van der Waals surface area contributed by atoms with E-state index in [0.717, 1.165) is 0 Å². The number of carbonyl (C=O) groups excluding carboxylic acids is 1. The molecule has 1 atom stereocenters. The summed E-state index contributed by atoms with van der Waals surface area (Å²) in [6.45, 7) is 1.80. The van der Waals surface area contributed by atoms with Crippen molar-refractivity contribution >= 4 is 23.4 Å². The second-order valence-corrected chi connectivity index (χ2v) is 7.75. The normalized spacial score (nSPS) is 14.5. The number of rotatable bonds is 6. The maximum absolute atomic E-state index is 13.3. The van der Waals surface area contributed by atoms with E-state index >= 15 is 0 Å². The monoisotopic (exact) mass is 468 g/mol. The van der Waals surface area contributed by atoms with Crippen molar-refractivity contribution in [3.8, 4) is 34.4 Å². The summed E-state index contributed by atoms with van der Waals surface area (Å²) in [7, 11) is 4.60. The van der Waals surface area contributed by atoms with Crippen LogP contribution in [0.3, 0.4) is 0 Å². The van der Waals surface area contributed by atoms with E-state index in [1.54, 1.807) is 31.1 Å². The number of amides is 1. The molecule has 2 heterocycles. The van der Waals surface area contributed by atoms with Crippen molar-refractivity contribution in [1.82, 2.24) is 15.2 Å². The lowest BCUT2D eigenvalue weighted by Gasteiger charge is -2.31. The minimum Gasteiger partial charge on any atom is -0.493 e. The van der Waals surface area contributed by atoms with Gasteiger partial charge in [-0.3, -0.25) is 9.69 Å². The average Bonchev–Trinajstić information content (AvgIpc) is 3.01. The Morgan fingerprint density at radius 3 is 2.48 bits per heavy atom. The molecule has 33 heavy (non-hydrogen) atoms. The molecule has 1 aliphatic heterocycles. The average molecular weight is 469 g/mol. The predicted molar refractivity (Wildman–Crippen MR) is 124 cm³/mol. The third-order valence-corrected chi connectivity index (χ3v) is 5.80. The first-order valence-electron chi connectivity index (χ1n) is 10.2. The summed E-state index contributed by atoms with van der Waals surface area (Å²) in [6.07, 6.45) is 1.21. The third-order valence-electron chi connectivity index (χ3n) is 5.27. The van der Waals surface area contributed by atoms with E-state index in [9.17, 15) is 4.79 Å². The van der Waals surface area contributed by atoms with Gasteiger partial charge >= 0.3 is 0 Å². The largest absolute Gasteiger partial charge is 0.493 e. The first-order valence-corrected chi connectivity index (χ1v) is 11.5. The molecule has 3 aromatic rings. The number of nitrogens with zero attached hydrogens (tertiary/aromatic N) is 4. The van der Waals surface area contributed by atoms with Crippen LogP contribution in [0.2, 0.25) is 0 Å². The molecule has 4 rings (SSSR count). The van der Waals surface area contributed by atoms with E-state index < -0.39 is 6.23 Å². The summed E-state index contributed by atoms with van der Waals surface area (Å²) in [5.74, 6) is 1.41. The fraction of sp³-hybridized carbons (Fsp3) is 0.304. The number of para-hydroxylation sites is 1. The molecule has 1 aliphatic rings. The summed E-state index contributed by atoms with van der Waals surface area (Å²) in [4.78, 5) is 19.5. The molecule has 9 nitrogen and oxygen atoms in total. The highest BCUT2D eigenvalue weighted by Gasteiger charge is 2.38. The maximum atomic E-state index is 13.3. The van der Waals surface area contributed by atoms with Gasteiger partial charge < -0.3 is 18.9 Å². The number of fused-ring (bicyclic) bond motifs is 3. The molecule has 10 heteroatoms. The van der Waals surface area contributed by atoms with Crippen molar-refractivity contribution in [2.24, 2.45) is 0 Å². The highest BCUT2D eigenvalue weighted by molar-refractivity contribution is 7.98. The van der Waals surface area contributed by atoms with Crippen LogP contribution >= 0.6 is 11.8 Å². The van der Waals surface area contributed by atoms with E-state index in [4.69, 9.17) is 18.9 Å². The molecule has 0 unspecified atom stereocenters. The zero-order valence-corrected chi connectivity index (χ0v) is 19.8. The lowest BCUT2D eigenvalue weighted by Crippen LogP contribution is -2.37. The Morgan fingerprint density at radius 1 is 1.06 bits per heavy atom. The summed E-state index contributed by atoms with van der Waals surface area (Å²) < 4.78 is 23.1. The highest BCUT2D eigenvalue weighted by atomic mass is 32.2. The van der Waals surface area contributed by atoms with Crippen LogP contribution in [-0.4, -0.2) is 48.7 Å². The molecule has 1 amide bonds. The second kappa shape index (κ2) is 9.53. The molecule has 0 saturated heterocycles. The Kier molecular flexibility index (Phi) is 6.55. The van der Waals surface area contributed by atoms with Gasteiger partial charge in [-0.1, -0.05) is 36.9 Å². The van der Waals surface area contributed by atoms with Gasteiger partial charge in [-0.25, -0.2) is 0 Å². The molecule has 2 aromatic carbocycles. The maximum Gasteiger partial charge on any atom is 0.247 e. The van der Waals surface area contributed by atoms with Crippen molar-refractivity contribution < 1.29 is 23.7 Å². The van der Waals surface area contributed by atoms with Crippen molar-refractivity contribution in [1.29, 1.82) is 0 Å². The van der Waals surface area contributed by atoms with E-state index in [2.05, 4.69) is 15.2 Å². The molecule has 0 bridgehead atoms. The first kappa shape index (κ1) is 22.7. The molecular formula is C23H24N4O5S. The molecule has 172 valence electrons. The van der Waals surface area contributed by atoms with Gasteiger partial charge in [0.15, 0.2) is 17.2 Å². The number of carbonyl (C=O) groups is 1. The number of hydrogen-bond donors (Lipinski definition) is 0. The van der Waals surface area contributed by atoms with Crippen LogP contribution in [-0.2, 0) is 4.79 Å². The third kappa shape index (κ3) is 3.91. The Bertz CT molecular complexity index is 1190. The minimum atomic E-state index is -0.902. The Hall–Kier alpha value is -3.53. The molecule has 0 radical (unpaired) electrons. The van der Waals surface area contributed by atoms with Gasteiger partial charge in [0, 0.05) is 12.0 Å². The second-order valence-electron chi connectivity index (χ2n) is 6.98.